The Hall–Kier alpha value is -1.89. The molecule has 0 radical (unpaired) electrons. The summed E-state index contributed by atoms with van der Waals surface area (Å²) in [7, 11) is 0. The molecule has 2 saturated heterocycles. The quantitative estimate of drug-likeness (QED) is 0.858. The number of nitrogens with one attached hydrogen (secondary N) is 1. The highest BCUT2D eigenvalue weighted by molar-refractivity contribution is 5.74. The molecule has 2 fully saturated rings. The lowest BCUT2D eigenvalue weighted by molar-refractivity contribution is -0.142. The second kappa shape index (κ2) is 5.72. The maximum Gasteiger partial charge on any atom is 0.320 e. The van der Waals surface area contributed by atoms with Gasteiger partial charge in [-0.3, -0.25) is 14.5 Å². The summed E-state index contributed by atoms with van der Waals surface area (Å²) in [5.41, 5.74) is 0.0155. The van der Waals surface area contributed by atoms with Crippen LogP contribution in [-0.4, -0.2) is 62.4 Å². The zero-order chi connectivity index (χ0) is 15.7. The third-order valence-electron chi connectivity index (χ3n) is 5.07. The van der Waals surface area contributed by atoms with Gasteiger partial charge in [-0.15, -0.1) is 0 Å². The molecule has 1 aromatic heterocycles. The van der Waals surface area contributed by atoms with E-state index in [0.717, 1.165) is 38.3 Å². The fraction of sp³-hybridized carbons (Fsp3) is 0.667. The molecule has 2 aliphatic heterocycles. The van der Waals surface area contributed by atoms with Crippen molar-refractivity contribution in [1.29, 1.82) is 0 Å². The van der Waals surface area contributed by atoms with Gasteiger partial charge < -0.3 is 15.0 Å². The van der Waals surface area contributed by atoms with Crippen molar-refractivity contribution in [2.45, 2.75) is 38.8 Å². The second-order valence-corrected chi connectivity index (χ2v) is 6.51. The number of carbonyl (C=O) groups is 2. The van der Waals surface area contributed by atoms with Crippen LogP contribution in [0, 0.1) is 5.41 Å². The largest absolute Gasteiger partial charge is 0.480 e. The van der Waals surface area contributed by atoms with E-state index < -0.39 is 12.0 Å². The number of hydrogen-bond acceptors (Lipinski definition) is 4. The van der Waals surface area contributed by atoms with Gasteiger partial charge >= 0.3 is 5.97 Å². The first-order chi connectivity index (χ1) is 10.5. The number of aromatic nitrogens is 2. The third kappa shape index (κ3) is 2.85. The number of aliphatic carboxylic acids is 1. The molecule has 2 aliphatic rings. The minimum Gasteiger partial charge on any atom is -0.480 e. The van der Waals surface area contributed by atoms with Crippen molar-refractivity contribution >= 4 is 11.9 Å². The average molecular weight is 306 g/mol. The van der Waals surface area contributed by atoms with E-state index in [-0.39, 0.29) is 11.3 Å². The summed E-state index contributed by atoms with van der Waals surface area (Å²) in [4.78, 5) is 34.2. The van der Waals surface area contributed by atoms with Crippen molar-refractivity contribution in [1.82, 2.24) is 19.8 Å². The summed E-state index contributed by atoms with van der Waals surface area (Å²) >= 11 is 0. The molecular formula is C15H22N4O3. The first-order valence-corrected chi connectivity index (χ1v) is 7.70. The van der Waals surface area contributed by atoms with Gasteiger partial charge in [0.25, 0.3) is 0 Å². The summed E-state index contributed by atoms with van der Waals surface area (Å²) in [5, 5.41) is 9.53. The lowest BCUT2D eigenvalue weighted by Gasteiger charge is -2.39. The fourth-order valence-corrected chi connectivity index (χ4v) is 3.79. The Labute approximate surface area is 129 Å². The molecule has 0 unspecified atom stereocenters. The smallest absolute Gasteiger partial charge is 0.320 e. The number of carboxylic acids is 1. The van der Waals surface area contributed by atoms with Gasteiger partial charge in [0.2, 0.25) is 5.91 Å². The molecule has 0 aromatic carbocycles. The number of amides is 1. The van der Waals surface area contributed by atoms with Crippen molar-refractivity contribution in [3.05, 3.63) is 18.2 Å². The standard InChI is InChI=1S/C15H22N4O3/c1-11(20)18-6-2-15(3-7-18)8-12(14(21)22)19(10-15)9-13-16-4-5-17-13/h4-5,12H,2-3,6-10H2,1H3,(H,16,17)(H,21,22)/t12-/m0/s1. The minimum absolute atomic E-state index is 0.0155. The lowest BCUT2D eigenvalue weighted by Crippen LogP contribution is -2.43. The van der Waals surface area contributed by atoms with Gasteiger partial charge in [-0.05, 0) is 24.7 Å². The molecule has 0 bridgehead atoms. The molecule has 7 nitrogen and oxygen atoms in total. The van der Waals surface area contributed by atoms with Crippen molar-refractivity contribution in [3.63, 3.8) is 0 Å². The number of aromatic amines is 1. The van der Waals surface area contributed by atoms with Crippen molar-refractivity contribution < 1.29 is 14.7 Å². The molecule has 1 aromatic rings. The van der Waals surface area contributed by atoms with E-state index in [4.69, 9.17) is 0 Å². The van der Waals surface area contributed by atoms with Gasteiger partial charge in [0.1, 0.15) is 11.9 Å². The van der Waals surface area contributed by atoms with E-state index in [0.29, 0.717) is 13.0 Å². The fourth-order valence-electron chi connectivity index (χ4n) is 3.79. The molecule has 7 heteroatoms. The first kappa shape index (κ1) is 15.0. The normalized spacial score (nSPS) is 24.8. The SMILES string of the molecule is CC(=O)N1CCC2(CC1)C[C@@H](C(=O)O)N(Cc1ncc[nH]1)C2. The van der Waals surface area contributed by atoms with Crippen molar-refractivity contribution in [2.24, 2.45) is 5.41 Å². The van der Waals surface area contributed by atoms with Gasteiger partial charge in [0.05, 0.1) is 6.54 Å². The van der Waals surface area contributed by atoms with E-state index in [1.807, 2.05) is 9.80 Å². The second-order valence-electron chi connectivity index (χ2n) is 6.51. The average Bonchev–Trinajstić information content (AvgIpc) is 3.08. The summed E-state index contributed by atoms with van der Waals surface area (Å²) in [6, 6.07) is -0.464. The van der Waals surface area contributed by atoms with Crippen molar-refractivity contribution in [3.8, 4) is 0 Å². The highest BCUT2D eigenvalue weighted by Gasteiger charge is 2.48. The molecule has 1 atom stereocenters. The predicted molar refractivity (Wildman–Crippen MR) is 79.0 cm³/mol. The number of imidazole rings is 1. The Balaban J connectivity index is 1.70. The molecular weight excluding hydrogens is 284 g/mol. The van der Waals surface area contributed by atoms with Crippen LogP contribution in [-0.2, 0) is 16.1 Å². The van der Waals surface area contributed by atoms with Gasteiger partial charge in [-0.1, -0.05) is 0 Å². The van der Waals surface area contributed by atoms with Gasteiger partial charge in [-0.25, -0.2) is 4.98 Å². The topological polar surface area (TPSA) is 89.5 Å². The zero-order valence-corrected chi connectivity index (χ0v) is 12.8. The number of nitrogens with zero attached hydrogens (tertiary/aromatic N) is 3. The zero-order valence-electron chi connectivity index (χ0n) is 12.8. The summed E-state index contributed by atoms with van der Waals surface area (Å²) in [6.07, 6.45) is 5.86. The third-order valence-corrected chi connectivity index (χ3v) is 5.07. The Morgan fingerprint density at radius 3 is 2.73 bits per heavy atom. The Morgan fingerprint density at radius 1 is 1.45 bits per heavy atom. The molecule has 1 amide bonds. The van der Waals surface area contributed by atoms with Crippen LogP contribution in [0.5, 0.6) is 0 Å². The maximum atomic E-state index is 11.6. The number of hydrogen-bond donors (Lipinski definition) is 2. The molecule has 120 valence electrons. The van der Waals surface area contributed by atoms with Crippen LogP contribution in [0.4, 0.5) is 0 Å². The minimum atomic E-state index is -0.766. The molecule has 3 rings (SSSR count). The number of H-pyrrole nitrogens is 1. The van der Waals surface area contributed by atoms with E-state index in [1.54, 1.807) is 19.3 Å². The highest BCUT2D eigenvalue weighted by atomic mass is 16.4. The highest BCUT2D eigenvalue weighted by Crippen LogP contribution is 2.43. The maximum absolute atomic E-state index is 11.6. The summed E-state index contributed by atoms with van der Waals surface area (Å²) < 4.78 is 0. The van der Waals surface area contributed by atoms with Crippen LogP contribution < -0.4 is 0 Å². The van der Waals surface area contributed by atoms with Crippen LogP contribution in [0.25, 0.3) is 0 Å². The van der Waals surface area contributed by atoms with Gasteiger partial charge in [0.15, 0.2) is 0 Å². The Kier molecular flexibility index (Phi) is 3.90. The van der Waals surface area contributed by atoms with E-state index in [2.05, 4.69) is 9.97 Å². The van der Waals surface area contributed by atoms with Crippen LogP contribution in [0.3, 0.4) is 0 Å². The van der Waals surface area contributed by atoms with Crippen LogP contribution in [0.15, 0.2) is 12.4 Å². The monoisotopic (exact) mass is 306 g/mol. The van der Waals surface area contributed by atoms with E-state index in [1.165, 1.54) is 0 Å². The van der Waals surface area contributed by atoms with Crippen LogP contribution in [0.1, 0.15) is 32.0 Å². The van der Waals surface area contributed by atoms with Crippen molar-refractivity contribution in [2.75, 3.05) is 19.6 Å². The number of rotatable bonds is 3. The first-order valence-electron chi connectivity index (χ1n) is 7.70. The van der Waals surface area contributed by atoms with Crippen LogP contribution >= 0.6 is 0 Å². The molecule has 2 N–H and O–H groups in total. The summed E-state index contributed by atoms with van der Waals surface area (Å²) in [6.45, 7) is 4.35. The number of carboxylic acid groups (broad SMARTS) is 1. The number of piperidine rings is 1. The predicted octanol–water partition coefficient (Wildman–Crippen LogP) is 0.697. The Bertz CT molecular complexity index is 549. The Morgan fingerprint density at radius 2 is 2.18 bits per heavy atom. The molecule has 0 aliphatic carbocycles. The summed E-state index contributed by atoms with van der Waals surface area (Å²) in [5.74, 6) is 0.136. The van der Waals surface area contributed by atoms with Gasteiger partial charge in [0, 0.05) is 39.0 Å². The number of carbonyl (C=O) groups excluding carboxylic acids is 1. The lowest BCUT2D eigenvalue weighted by atomic mass is 9.76. The van der Waals surface area contributed by atoms with E-state index >= 15 is 0 Å². The number of likely N-dealkylation sites (tertiary alicyclic amines) is 2. The van der Waals surface area contributed by atoms with Crippen LogP contribution in [0.2, 0.25) is 0 Å². The molecule has 1 spiro atoms. The molecule has 3 heterocycles. The van der Waals surface area contributed by atoms with Gasteiger partial charge in [-0.2, -0.15) is 0 Å². The molecule has 22 heavy (non-hydrogen) atoms. The molecule has 0 saturated carbocycles. The van der Waals surface area contributed by atoms with E-state index in [9.17, 15) is 14.7 Å².